The minimum absolute atomic E-state index is 0.459. The van der Waals surface area contributed by atoms with E-state index in [0.717, 1.165) is 0 Å². The first-order chi connectivity index (χ1) is 4.72. The van der Waals surface area contributed by atoms with Gasteiger partial charge in [-0.1, -0.05) is 0 Å². The first kappa shape index (κ1) is 7.01. The predicted molar refractivity (Wildman–Crippen MR) is 32.4 cm³/mol. The minimum Gasteiger partial charge on any atom is -0.480 e. The fraction of sp³-hybridized carbons (Fsp3) is 0.600. The van der Waals surface area contributed by atoms with Crippen molar-refractivity contribution in [1.82, 2.24) is 10.6 Å². The number of hydrogen-bond acceptors (Lipinski definition) is 3. The first-order valence-corrected chi connectivity index (χ1v) is 2.95. The SMILES string of the molecule is O=C(O)[C@@H]1NCCNC1=O. The van der Waals surface area contributed by atoms with Crippen LogP contribution >= 0.6 is 0 Å². The summed E-state index contributed by atoms with van der Waals surface area (Å²) in [5.74, 6) is -1.59. The second-order valence-electron chi connectivity index (χ2n) is 2.02. The molecule has 1 heterocycles. The van der Waals surface area contributed by atoms with Crippen LogP contribution in [-0.4, -0.2) is 36.1 Å². The van der Waals surface area contributed by atoms with Crippen molar-refractivity contribution < 1.29 is 14.7 Å². The predicted octanol–water partition coefficient (Wildman–Crippen LogP) is -1.84. The largest absolute Gasteiger partial charge is 0.480 e. The maximum Gasteiger partial charge on any atom is 0.330 e. The Kier molecular flexibility index (Phi) is 1.86. The smallest absolute Gasteiger partial charge is 0.330 e. The van der Waals surface area contributed by atoms with Gasteiger partial charge in [0.2, 0.25) is 5.91 Å². The lowest BCUT2D eigenvalue weighted by atomic mass is 10.2. The van der Waals surface area contributed by atoms with Gasteiger partial charge in [0.05, 0.1) is 0 Å². The highest BCUT2D eigenvalue weighted by molar-refractivity contribution is 6.01. The van der Waals surface area contributed by atoms with Gasteiger partial charge in [-0.25, -0.2) is 4.79 Å². The quantitative estimate of drug-likeness (QED) is 0.378. The molecule has 0 aromatic rings. The van der Waals surface area contributed by atoms with Crippen molar-refractivity contribution in [2.45, 2.75) is 6.04 Å². The lowest BCUT2D eigenvalue weighted by molar-refractivity contribution is -0.144. The number of carbonyl (C=O) groups excluding carboxylic acids is 1. The number of carboxylic acid groups (broad SMARTS) is 1. The molecule has 1 aliphatic rings. The molecule has 1 atom stereocenters. The Labute approximate surface area is 57.4 Å². The Morgan fingerprint density at radius 1 is 1.60 bits per heavy atom. The maximum absolute atomic E-state index is 10.7. The van der Waals surface area contributed by atoms with Crippen LogP contribution in [0.2, 0.25) is 0 Å². The summed E-state index contributed by atoms with van der Waals surface area (Å²) in [5, 5.41) is 13.4. The zero-order valence-corrected chi connectivity index (χ0v) is 5.26. The van der Waals surface area contributed by atoms with Crippen LogP contribution in [0.25, 0.3) is 0 Å². The first-order valence-electron chi connectivity index (χ1n) is 2.95. The van der Waals surface area contributed by atoms with Gasteiger partial charge in [-0.2, -0.15) is 0 Å². The number of nitrogens with one attached hydrogen (secondary N) is 2. The van der Waals surface area contributed by atoms with Crippen LogP contribution in [0.3, 0.4) is 0 Å². The number of carboxylic acids is 1. The number of rotatable bonds is 1. The van der Waals surface area contributed by atoms with Crippen LogP contribution in [0, 0.1) is 0 Å². The fourth-order valence-corrected chi connectivity index (χ4v) is 0.796. The van der Waals surface area contributed by atoms with E-state index in [9.17, 15) is 9.59 Å². The monoisotopic (exact) mass is 144 g/mol. The van der Waals surface area contributed by atoms with E-state index in [-0.39, 0.29) is 0 Å². The average molecular weight is 144 g/mol. The van der Waals surface area contributed by atoms with Crippen molar-refractivity contribution in [3.8, 4) is 0 Å². The summed E-state index contributed by atoms with van der Waals surface area (Å²) < 4.78 is 0. The molecule has 1 aliphatic heterocycles. The van der Waals surface area contributed by atoms with E-state index in [4.69, 9.17) is 5.11 Å². The molecule has 0 spiro atoms. The average Bonchev–Trinajstić information content (AvgIpc) is 1.88. The molecule has 0 bridgehead atoms. The van der Waals surface area contributed by atoms with E-state index < -0.39 is 17.9 Å². The third kappa shape index (κ3) is 1.24. The van der Waals surface area contributed by atoms with E-state index in [1.807, 2.05) is 0 Å². The molecule has 3 N–H and O–H groups in total. The molecule has 0 aromatic carbocycles. The van der Waals surface area contributed by atoms with Crippen LogP contribution < -0.4 is 10.6 Å². The molecule has 0 unspecified atom stereocenters. The molecule has 10 heavy (non-hydrogen) atoms. The van der Waals surface area contributed by atoms with Gasteiger partial charge >= 0.3 is 5.97 Å². The van der Waals surface area contributed by atoms with Crippen LogP contribution in [0.15, 0.2) is 0 Å². The van der Waals surface area contributed by atoms with Crippen molar-refractivity contribution in [2.24, 2.45) is 0 Å². The van der Waals surface area contributed by atoms with E-state index >= 15 is 0 Å². The summed E-state index contributed by atoms with van der Waals surface area (Å²) in [4.78, 5) is 20.9. The van der Waals surface area contributed by atoms with Gasteiger partial charge < -0.3 is 10.4 Å². The Morgan fingerprint density at radius 3 is 2.70 bits per heavy atom. The highest BCUT2D eigenvalue weighted by atomic mass is 16.4. The molecule has 5 heteroatoms. The highest BCUT2D eigenvalue weighted by Crippen LogP contribution is 1.87. The van der Waals surface area contributed by atoms with E-state index in [1.165, 1.54) is 0 Å². The topological polar surface area (TPSA) is 78.4 Å². The van der Waals surface area contributed by atoms with Crippen molar-refractivity contribution in [1.29, 1.82) is 0 Å². The van der Waals surface area contributed by atoms with Crippen molar-refractivity contribution in [2.75, 3.05) is 13.1 Å². The van der Waals surface area contributed by atoms with Crippen LogP contribution in [0.4, 0.5) is 0 Å². The zero-order chi connectivity index (χ0) is 7.56. The van der Waals surface area contributed by atoms with Gasteiger partial charge in [0.25, 0.3) is 0 Å². The van der Waals surface area contributed by atoms with Gasteiger partial charge in [-0.3, -0.25) is 10.1 Å². The maximum atomic E-state index is 10.7. The number of carbonyl (C=O) groups is 2. The Balaban J connectivity index is 2.56. The summed E-state index contributed by atoms with van der Waals surface area (Å²) in [7, 11) is 0. The number of piperazine rings is 1. The van der Waals surface area contributed by atoms with Gasteiger partial charge in [-0.15, -0.1) is 0 Å². The second-order valence-corrected chi connectivity index (χ2v) is 2.02. The molecular weight excluding hydrogens is 136 g/mol. The number of amides is 1. The molecule has 1 fully saturated rings. The Morgan fingerprint density at radius 2 is 2.30 bits per heavy atom. The van der Waals surface area contributed by atoms with Crippen LogP contribution in [-0.2, 0) is 9.59 Å². The summed E-state index contributed by atoms with van der Waals surface area (Å²) in [5.41, 5.74) is 0. The van der Waals surface area contributed by atoms with Gasteiger partial charge in [-0.05, 0) is 0 Å². The van der Waals surface area contributed by atoms with Crippen LogP contribution in [0.5, 0.6) is 0 Å². The van der Waals surface area contributed by atoms with E-state index in [2.05, 4.69) is 10.6 Å². The molecular formula is C5H8N2O3. The summed E-state index contributed by atoms with van der Waals surface area (Å²) in [6.07, 6.45) is 0. The lowest BCUT2D eigenvalue weighted by Gasteiger charge is -2.19. The summed E-state index contributed by atoms with van der Waals surface area (Å²) in [6, 6.07) is -1.06. The standard InChI is InChI=1S/C5H8N2O3/c8-4-3(5(9)10)6-1-2-7-4/h3,6H,1-2H2,(H,7,8)(H,9,10)/t3-/m1/s1. The molecule has 0 aromatic heterocycles. The Hall–Kier alpha value is -1.10. The summed E-state index contributed by atoms with van der Waals surface area (Å²) >= 11 is 0. The minimum atomic E-state index is -1.13. The van der Waals surface area contributed by atoms with E-state index in [1.54, 1.807) is 0 Å². The van der Waals surface area contributed by atoms with Crippen molar-refractivity contribution in [3.63, 3.8) is 0 Å². The lowest BCUT2D eigenvalue weighted by Crippen LogP contribution is -2.56. The van der Waals surface area contributed by atoms with Gasteiger partial charge in [0, 0.05) is 13.1 Å². The zero-order valence-electron chi connectivity index (χ0n) is 5.26. The van der Waals surface area contributed by atoms with Crippen molar-refractivity contribution >= 4 is 11.9 Å². The molecule has 0 radical (unpaired) electrons. The molecule has 56 valence electrons. The molecule has 0 saturated carbocycles. The molecule has 0 aliphatic carbocycles. The van der Waals surface area contributed by atoms with Crippen molar-refractivity contribution in [3.05, 3.63) is 0 Å². The van der Waals surface area contributed by atoms with Crippen LogP contribution in [0.1, 0.15) is 0 Å². The van der Waals surface area contributed by atoms with Gasteiger partial charge in [0.1, 0.15) is 0 Å². The second kappa shape index (κ2) is 2.66. The molecule has 1 saturated heterocycles. The Bertz CT molecular complexity index is 168. The van der Waals surface area contributed by atoms with Gasteiger partial charge in [0.15, 0.2) is 6.04 Å². The van der Waals surface area contributed by atoms with E-state index in [0.29, 0.717) is 13.1 Å². The summed E-state index contributed by atoms with van der Waals surface area (Å²) in [6.45, 7) is 1.02. The third-order valence-electron chi connectivity index (χ3n) is 1.28. The third-order valence-corrected chi connectivity index (χ3v) is 1.28. The fourth-order valence-electron chi connectivity index (χ4n) is 0.796. The molecule has 1 rings (SSSR count). The normalized spacial score (nSPS) is 25.6. The number of hydrogen-bond donors (Lipinski definition) is 3. The number of aliphatic carboxylic acids is 1. The molecule has 5 nitrogen and oxygen atoms in total. The molecule has 1 amide bonds. The highest BCUT2D eigenvalue weighted by Gasteiger charge is 2.27.